The highest BCUT2D eigenvalue weighted by Crippen LogP contribution is 2.34. The molecule has 2 rings (SSSR count). The summed E-state index contributed by atoms with van der Waals surface area (Å²) in [5.74, 6) is 0.864. The van der Waals surface area contributed by atoms with E-state index >= 15 is 0 Å². The van der Waals surface area contributed by atoms with Crippen molar-refractivity contribution in [2.45, 2.75) is 19.9 Å². The summed E-state index contributed by atoms with van der Waals surface area (Å²) in [4.78, 5) is 0. The van der Waals surface area contributed by atoms with Crippen LogP contribution in [0.25, 0.3) is 0 Å². The highest BCUT2D eigenvalue weighted by molar-refractivity contribution is 9.10. The maximum atomic E-state index is 6.19. The molecule has 0 saturated carbocycles. The van der Waals surface area contributed by atoms with Gasteiger partial charge in [-0.2, -0.15) is 0 Å². The van der Waals surface area contributed by atoms with Crippen LogP contribution in [0.1, 0.15) is 29.7 Å². The van der Waals surface area contributed by atoms with Gasteiger partial charge < -0.3 is 10.1 Å². The largest absolute Gasteiger partial charge is 0.496 e. The minimum atomic E-state index is 0.0427. The third-order valence-corrected chi connectivity index (χ3v) is 4.19. The van der Waals surface area contributed by atoms with E-state index in [2.05, 4.69) is 41.2 Å². The van der Waals surface area contributed by atoms with Crippen molar-refractivity contribution >= 4 is 27.5 Å². The van der Waals surface area contributed by atoms with Crippen molar-refractivity contribution in [2.24, 2.45) is 0 Å². The van der Waals surface area contributed by atoms with Crippen LogP contribution in [-0.2, 0) is 0 Å². The molecule has 0 spiro atoms. The van der Waals surface area contributed by atoms with E-state index in [1.54, 1.807) is 7.11 Å². The minimum Gasteiger partial charge on any atom is -0.496 e. The van der Waals surface area contributed by atoms with E-state index < -0.39 is 0 Å². The Kier molecular flexibility index (Phi) is 5.68. The van der Waals surface area contributed by atoms with Crippen LogP contribution in [0.4, 0.5) is 0 Å². The topological polar surface area (TPSA) is 21.3 Å². The number of benzene rings is 2. The Balaban J connectivity index is 2.58. The molecular weight excluding hydrogens is 350 g/mol. The van der Waals surface area contributed by atoms with E-state index in [0.29, 0.717) is 0 Å². The highest BCUT2D eigenvalue weighted by atomic mass is 79.9. The van der Waals surface area contributed by atoms with Crippen LogP contribution in [0, 0.1) is 6.92 Å². The number of aryl methyl sites for hydroxylation is 1. The number of methoxy groups -OCH3 is 1. The van der Waals surface area contributed by atoms with E-state index in [-0.39, 0.29) is 6.04 Å². The molecule has 0 aliphatic rings. The fourth-order valence-electron chi connectivity index (χ4n) is 2.44. The van der Waals surface area contributed by atoms with Gasteiger partial charge in [-0.05, 0) is 54.9 Å². The van der Waals surface area contributed by atoms with E-state index in [4.69, 9.17) is 16.3 Å². The van der Waals surface area contributed by atoms with Crippen molar-refractivity contribution in [2.75, 3.05) is 13.7 Å². The van der Waals surface area contributed by atoms with Crippen LogP contribution in [-0.4, -0.2) is 13.7 Å². The van der Waals surface area contributed by atoms with Gasteiger partial charge in [0.05, 0.1) is 13.2 Å². The first-order valence-electron chi connectivity index (χ1n) is 6.89. The molecule has 21 heavy (non-hydrogen) atoms. The highest BCUT2D eigenvalue weighted by Gasteiger charge is 2.19. The molecule has 0 radical (unpaired) electrons. The Hall–Kier alpha value is -1.03. The van der Waals surface area contributed by atoms with Gasteiger partial charge in [-0.3, -0.25) is 0 Å². The number of nitrogens with one attached hydrogen (secondary N) is 1. The average molecular weight is 369 g/mol. The third kappa shape index (κ3) is 3.79. The van der Waals surface area contributed by atoms with Crippen molar-refractivity contribution in [3.63, 3.8) is 0 Å². The van der Waals surface area contributed by atoms with Crippen LogP contribution in [0.5, 0.6) is 5.75 Å². The Morgan fingerprint density at radius 1 is 1.19 bits per heavy atom. The molecule has 0 aliphatic carbocycles. The normalized spacial score (nSPS) is 12.2. The smallest absolute Gasteiger partial charge is 0.124 e. The summed E-state index contributed by atoms with van der Waals surface area (Å²) in [5, 5.41) is 4.27. The number of hydrogen-bond acceptors (Lipinski definition) is 2. The molecule has 0 heterocycles. The van der Waals surface area contributed by atoms with Gasteiger partial charge in [0, 0.05) is 15.1 Å². The van der Waals surface area contributed by atoms with Gasteiger partial charge >= 0.3 is 0 Å². The molecule has 2 aromatic rings. The van der Waals surface area contributed by atoms with Gasteiger partial charge in [0.25, 0.3) is 0 Å². The van der Waals surface area contributed by atoms with Gasteiger partial charge in [0.1, 0.15) is 5.75 Å². The molecule has 0 aliphatic heterocycles. The van der Waals surface area contributed by atoms with Crippen LogP contribution >= 0.6 is 27.5 Å². The lowest BCUT2D eigenvalue weighted by molar-refractivity contribution is 0.404. The fraction of sp³-hybridized carbons (Fsp3) is 0.294. The van der Waals surface area contributed by atoms with Crippen LogP contribution in [0.2, 0.25) is 5.02 Å². The molecule has 0 aromatic heterocycles. The van der Waals surface area contributed by atoms with E-state index in [9.17, 15) is 0 Å². The molecule has 0 saturated heterocycles. The third-order valence-electron chi connectivity index (χ3n) is 3.46. The first-order valence-corrected chi connectivity index (χ1v) is 8.06. The second kappa shape index (κ2) is 7.30. The summed E-state index contributed by atoms with van der Waals surface area (Å²) in [6.45, 7) is 5.05. The molecule has 0 fully saturated rings. The van der Waals surface area contributed by atoms with Crippen molar-refractivity contribution < 1.29 is 4.74 Å². The molecule has 1 unspecified atom stereocenters. The fourth-order valence-corrected chi connectivity index (χ4v) is 3.00. The number of hydrogen-bond donors (Lipinski definition) is 1. The SMILES string of the molecule is CCNC(c1cc(Cl)ccc1C)c1cc(Br)ccc1OC. The zero-order valence-corrected chi connectivity index (χ0v) is 14.8. The minimum absolute atomic E-state index is 0.0427. The van der Waals surface area contributed by atoms with Crippen LogP contribution < -0.4 is 10.1 Å². The van der Waals surface area contributed by atoms with Gasteiger partial charge in [-0.25, -0.2) is 0 Å². The molecule has 4 heteroatoms. The van der Waals surface area contributed by atoms with Crippen molar-refractivity contribution in [3.05, 3.63) is 62.6 Å². The molecule has 0 amide bonds. The van der Waals surface area contributed by atoms with E-state index in [0.717, 1.165) is 27.4 Å². The molecule has 1 atom stereocenters. The summed E-state index contributed by atoms with van der Waals surface area (Å²) < 4.78 is 6.55. The van der Waals surface area contributed by atoms with Crippen LogP contribution in [0.3, 0.4) is 0 Å². The summed E-state index contributed by atoms with van der Waals surface area (Å²) in [7, 11) is 1.70. The zero-order valence-electron chi connectivity index (χ0n) is 12.4. The Morgan fingerprint density at radius 3 is 2.62 bits per heavy atom. The Labute approximate surface area is 139 Å². The number of ether oxygens (including phenoxy) is 1. The van der Waals surface area contributed by atoms with Gasteiger partial charge in [0.2, 0.25) is 0 Å². The monoisotopic (exact) mass is 367 g/mol. The molecule has 1 N–H and O–H groups in total. The van der Waals surface area contributed by atoms with Gasteiger partial charge in [-0.1, -0.05) is 40.5 Å². The molecule has 112 valence electrons. The van der Waals surface area contributed by atoms with Crippen molar-refractivity contribution in [3.8, 4) is 5.75 Å². The summed E-state index contributed by atoms with van der Waals surface area (Å²) in [5.41, 5.74) is 3.47. The predicted octanol–water partition coefficient (Wildman–Crippen LogP) is 5.12. The maximum absolute atomic E-state index is 6.19. The average Bonchev–Trinajstić information content (AvgIpc) is 2.47. The second-order valence-corrected chi connectivity index (χ2v) is 6.23. The molecule has 0 bridgehead atoms. The van der Waals surface area contributed by atoms with Crippen LogP contribution in [0.15, 0.2) is 40.9 Å². The molecule has 2 aromatic carbocycles. The number of rotatable bonds is 5. The van der Waals surface area contributed by atoms with Crippen molar-refractivity contribution in [1.29, 1.82) is 0 Å². The maximum Gasteiger partial charge on any atom is 0.124 e. The lowest BCUT2D eigenvalue weighted by Crippen LogP contribution is -2.23. The van der Waals surface area contributed by atoms with E-state index in [1.807, 2.05) is 30.3 Å². The molecular formula is C17H19BrClNO. The predicted molar refractivity (Wildman–Crippen MR) is 92.4 cm³/mol. The standard InChI is InChI=1S/C17H19BrClNO/c1-4-20-17(14-10-13(19)7-5-11(14)2)15-9-12(18)6-8-16(15)21-3/h5-10,17,20H,4H2,1-3H3. The lowest BCUT2D eigenvalue weighted by atomic mass is 9.94. The summed E-state index contributed by atoms with van der Waals surface area (Å²) >= 11 is 9.73. The first-order chi connectivity index (χ1) is 10.1. The van der Waals surface area contributed by atoms with Gasteiger partial charge in [-0.15, -0.1) is 0 Å². The first kappa shape index (κ1) is 16.3. The Morgan fingerprint density at radius 2 is 1.95 bits per heavy atom. The van der Waals surface area contributed by atoms with Crippen molar-refractivity contribution in [1.82, 2.24) is 5.32 Å². The summed E-state index contributed by atoms with van der Waals surface area (Å²) in [6, 6.07) is 12.1. The summed E-state index contributed by atoms with van der Waals surface area (Å²) in [6.07, 6.45) is 0. The lowest BCUT2D eigenvalue weighted by Gasteiger charge is -2.23. The Bertz CT molecular complexity index is 630. The quantitative estimate of drug-likeness (QED) is 0.791. The molecule has 2 nitrogen and oxygen atoms in total. The zero-order chi connectivity index (χ0) is 15.4. The van der Waals surface area contributed by atoms with E-state index in [1.165, 1.54) is 11.1 Å². The number of halogens is 2. The second-order valence-electron chi connectivity index (χ2n) is 4.88. The van der Waals surface area contributed by atoms with Gasteiger partial charge in [0.15, 0.2) is 0 Å².